The summed E-state index contributed by atoms with van der Waals surface area (Å²) in [5, 5.41) is 2.58. The minimum atomic E-state index is -0.847. The van der Waals surface area contributed by atoms with E-state index in [4.69, 9.17) is 14.2 Å². The molecular weight excluding hydrogens is 314 g/mol. The number of pyridine rings is 1. The molecule has 0 aromatic carbocycles. The molecule has 1 aromatic rings. The van der Waals surface area contributed by atoms with E-state index in [1.807, 2.05) is 0 Å². The fourth-order valence-electron chi connectivity index (χ4n) is 2.74. The molecule has 1 aliphatic rings. The van der Waals surface area contributed by atoms with Gasteiger partial charge in [-0.1, -0.05) is 0 Å². The van der Waals surface area contributed by atoms with Crippen molar-refractivity contribution in [3.05, 3.63) is 23.9 Å². The first kappa shape index (κ1) is 18.2. The van der Waals surface area contributed by atoms with Crippen LogP contribution in [-0.4, -0.2) is 74.9 Å². The number of methoxy groups -OCH3 is 2. The number of nitrogens with zero attached hydrogens (tertiary/aromatic N) is 2. The zero-order chi connectivity index (χ0) is 17.6. The topological polar surface area (TPSA) is 90.0 Å². The largest absolute Gasteiger partial charge is 0.481 e. The Labute approximate surface area is 141 Å². The van der Waals surface area contributed by atoms with Crippen molar-refractivity contribution < 1.29 is 23.8 Å². The molecule has 1 unspecified atom stereocenters. The maximum Gasteiger partial charge on any atom is 0.254 e. The lowest BCUT2D eigenvalue weighted by Crippen LogP contribution is -2.57. The van der Waals surface area contributed by atoms with Gasteiger partial charge in [0.05, 0.1) is 33.3 Å². The Hall–Kier alpha value is -2.19. The van der Waals surface area contributed by atoms with E-state index in [0.29, 0.717) is 24.6 Å². The second-order valence-corrected chi connectivity index (χ2v) is 5.63. The number of aromatic nitrogens is 1. The van der Waals surface area contributed by atoms with Crippen LogP contribution in [0.4, 0.5) is 0 Å². The van der Waals surface area contributed by atoms with Crippen molar-refractivity contribution in [3.8, 4) is 5.88 Å². The molecule has 2 amide bonds. The Balaban J connectivity index is 2.17. The standard InChI is InChI=1S/C16H23N3O5/c1-17-13(20)9-16(11-22-2)10-19(6-7-24-16)15(21)12-4-5-18-14(8-12)23-3/h4-5,8H,6-7,9-11H2,1-3H3,(H,17,20). The lowest BCUT2D eigenvalue weighted by atomic mass is 9.97. The normalized spacial score (nSPS) is 20.5. The lowest BCUT2D eigenvalue weighted by molar-refractivity contribution is -0.150. The van der Waals surface area contributed by atoms with E-state index in [2.05, 4.69) is 10.3 Å². The van der Waals surface area contributed by atoms with Crippen molar-refractivity contribution in [2.45, 2.75) is 12.0 Å². The van der Waals surface area contributed by atoms with Crippen LogP contribution < -0.4 is 10.1 Å². The third-order valence-corrected chi connectivity index (χ3v) is 3.90. The molecule has 0 saturated carbocycles. The summed E-state index contributed by atoms with van der Waals surface area (Å²) in [5.41, 5.74) is -0.366. The molecule has 1 N–H and O–H groups in total. The van der Waals surface area contributed by atoms with E-state index < -0.39 is 5.60 Å². The predicted molar refractivity (Wildman–Crippen MR) is 85.9 cm³/mol. The van der Waals surface area contributed by atoms with Gasteiger partial charge in [0.1, 0.15) is 5.60 Å². The van der Waals surface area contributed by atoms with Gasteiger partial charge in [0.2, 0.25) is 11.8 Å². The van der Waals surface area contributed by atoms with Crippen LogP contribution in [0.3, 0.4) is 0 Å². The molecule has 1 saturated heterocycles. The van der Waals surface area contributed by atoms with E-state index in [1.54, 1.807) is 31.2 Å². The quantitative estimate of drug-likeness (QED) is 0.791. The molecular formula is C16H23N3O5. The molecule has 24 heavy (non-hydrogen) atoms. The molecule has 1 aliphatic heterocycles. The number of morpholine rings is 1. The monoisotopic (exact) mass is 337 g/mol. The number of nitrogens with one attached hydrogen (secondary N) is 1. The average Bonchev–Trinajstić information content (AvgIpc) is 2.61. The van der Waals surface area contributed by atoms with Gasteiger partial charge in [0.25, 0.3) is 5.91 Å². The third-order valence-electron chi connectivity index (χ3n) is 3.90. The molecule has 8 heteroatoms. The highest BCUT2D eigenvalue weighted by molar-refractivity contribution is 5.94. The smallest absolute Gasteiger partial charge is 0.254 e. The van der Waals surface area contributed by atoms with Crippen LogP contribution in [0.1, 0.15) is 16.8 Å². The first-order chi connectivity index (χ1) is 11.5. The Morgan fingerprint density at radius 1 is 1.46 bits per heavy atom. The number of rotatable bonds is 6. The van der Waals surface area contributed by atoms with Crippen LogP contribution >= 0.6 is 0 Å². The second-order valence-electron chi connectivity index (χ2n) is 5.63. The molecule has 8 nitrogen and oxygen atoms in total. The molecule has 1 aromatic heterocycles. The van der Waals surface area contributed by atoms with Gasteiger partial charge < -0.3 is 24.4 Å². The van der Waals surface area contributed by atoms with Crippen LogP contribution in [0.5, 0.6) is 5.88 Å². The minimum Gasteiger partial charge on any atom is -0.481 e. The summed E-state index contributed by atoms with van der Waals surface area (Å²) in [7, 11) is 4.61. The van der Waals surface area contributed by atoms with Crippen molar-refractivity contribution in [3.63, 3.8) is 0 Å². The van der Waals surface area contributed by atoms with Crippen molar-refractivity contribution in [2.24, 2.45) is 0 Å². The molecule has 132 valence electrons. The van der Waals surface area contributed by atoms with E-state index in [0.717, 1.165) is 0 Å². The molecule has 0 spiro atoms. The first-order valence-electron chi connectivity index (χ1n) is 7.66. The highest BCUT2D eigenvalue weighted by atomic mass is 16.5. The van der Waals surface area contributed by atoms with Crippen LogP contribution in [0, 0.1) is 0 Å². The number of hydrogen-bond donors (Lipinski definition) is 1. The number of amides is 2. The van der Waals surface area contributed by atoms with Gasteiger partial charge in [-0.3, -0.25) is 9.59 Å². The number of carbonyl (C=O) groups is 2. The van der Waals surface area contributed by atoms with E-state index in [9.17, 15) is 9.59 Å². The van der Waals surface area contributed by atoms with Gasteiger partial charge in [-0.2, -0.15) is 0 Å². The summed E-state index contributed by atoms with van der Waals surface area (Å²) in [6.45, 7) is 1.29. The molecule has 2 heterocycles. The Kier molecular flexibility index (Phi) is 6.10. The van der Waals surface area contributed by atoms with Gasteiger partial charge in [0, 0.05) is 38.5 Å². The van der Waals surface area contributed by atoms with Gasteiger partial charge in [-0.25, -0.2) is 4.98 Å². The Bertz CT molecular complexity index is 591. The van der Waals surface area contributed by atoms with Crippen molar-refractivity contribution in [2.75, 3.05) is 47.6 Å². The predicted octanol–water partition coefficient (Wildman–Crippen LogP) is 0.0839. The maximum absolute atomic E-state index is 12.8. The number of hydrogen-bond acceptors (Lipinski definition) is 6. The Morgan fingerprint density at radius 2 is 2.25 bits per heavy atom. The van der Waals surface area contributed by atoms with Crippen molar-refractivity contribution in [1.82, 2.24) is 15.2 Å². The highest BCUT2D eigenvalue weighted by Gasteiger charge is 2.40. The lowest BCUT2D eigenvalue weighted by Gasteiger charge is -2.42. The van der Waals surface area contributed by atoms with E-state index in [1.165, 1.54) is 13.3 Å². The van der Waals surface area contributed by atoms with Gasteiger partial charge in [-0.15, -0.1) is 0 Å². The fraction of sp³-hybridized carbons (Fsp3) is 0.562. The maximum atomic E-state index is 12.8. The summed E-state index contributed by atoms with van der Waals surface area (Å²) >= 11 is 0. The van der Waals surface area contributed by atoms with E-state index in [-0.39, 0.29) is 31.4 Å². The first-order valence-corrected chi connectivity index (χ1v) is 7.66. The van der Waals surface area contributed by atoms with Crippen LogP contribution in [0.2, 0.25) is 0 Å². The zero-order valence-corrected chi connectivity index (χ0v) is 14.2. The molecule has 0 aliphatic carbocycles. The minimum absolute atomic E-state index is 0.126. The van der Waals surface area contributed by atoms with Gasteiger partial charge >= 0.3 is 0 Å². The summed E-state index contributed by atoms with van der Waals surface area (Å²) in [6, 6.07) is 3.23. The fourth-order valence-corrected chi connectivity index (χ4v) is 2.74. The molecule has 1 fully saturated rings. The highest BCUT2D eigenvalue weighted by Crippen LogP contribution is 2.24. The molecule has 2 rings (SSSR count). The summed E-state index contributed by atoms with van der Waals surface area (Å²) in [4.78, 5) is 30.2. The summed E-state index contributed by atoms with van der Waals surface area (Å²) < 4.78 is 16.1. The Morgan fingerprint density at radius 3 is 2.92 bits per heavy atom. The van der Waals surface area contributed by atoms with Gasteiger partial charge in [-0.05, 0) is 6.07 Å². The summed E-state index contributed by atoms with van der Waals surface area (Å²) in [5.74, 6) is 0.0611. The molecule has 0 bridgehead atoms. The van der Waals surface area contributed by atoms with Crippen molar-refractivity contribution >= 4 is 11.8 Å². The van der Waals surface area contributed by atoms with Crippen LogP contribution in [0.25, 0.3) is 0 Å². The van der Waals surface area contributed by atoms with Crippen molar-refractivity contribution in [1.29, 1.82) is 0 Å². The zero-order valence-electron chi connectivity index (χ0n) is 14.2. The number of ether oxygens (including phenoxy) is 3. The van der Waals surface area contributed by atoms with Gasteiger partial charge in [0.15, 0.2) is 0 Å². The van der Waals surface area contributed by atoms with Crippen LogP contribution in [-0.2, 0) is 14.3 Å². The molecule has 1 atom stereocenters. The number of carbonyl (C=O) groups excluding carboxylic acids is 2. The third kappa shape index (κ3) is 4.21. The SMILES string of the molecule is CNC(=O)CC1(COC)CN(C(=O)c2ccnc(OC)c2)CCO1. The second kappa shape index (κ2) is 8.07. The van der Waals surface area contributed by atoms with E-state index >= 15 is 0 Å². The molecule has 0 radical (unpaired) electrons. The van der Waals surface area contributed by atoms with Crippen LogP contribution in [0.15, 0.2) is 18.3 Å². The summed E-state index contributed by atoms with van der Waals surface area (Å²) in [6.07, 6.45) is 1.65. The average molecular weight is 337 g/mol.